The Morgan fingerprint density at radius 2 is 2.00 bits per heavy atom. The van der Waals surface area contributed by atoms with Crippen molar-refractivity contribution in [3.05, 3.63) is 59.4 Å². The molecule has 0 unspecified atom stereocenters. The van der Waals surface area contributed by atoms with Gasteiger partial charge in [0.25, 0.3) is 0 Å². The number of halogens is 1. The molecule has 4 rings (SSSR count). The van der Waals surface area contributed by atoms with Crippen molar-refractivity contribution in [1.29, 1.82) is 0 Å². The molecule has 144 valence electrons. The lowest BCUT2D eigenvalue weighted by atomic mass is 10.1. The minimum atomic E-state index is -0.319. The van der Waals surface area contributed by atoms with Crippen LogP contribution in [0.5, 0.6) is 0 Å². The van der Waals surface area contributed by atoms with Crippen molar-refractivity contribution in [2.75, 3.05) is 11.1 Å². The molecule has 0 bridgehead atoms. The van der Waals surface area contributed by atoms with Gasteiger partial charge in [-0.2, -0.15) is 0 Å². The van der Waals surface area contributed by atoms with Crippen LogP contribution in [0.15, 0.2) is 47.6 Å². The molecule has 0 aliphatic heterocycles. The predicted octanol–water partition coefficient (Wildman–Crippen LogP) is 4.77. The van der Waals surface area contributed by atoms with Gasteiger partial charge in [-0.15, -0.1) is 10.2 Å². The standard InChI is InChI=1S/C21H21FN4OS/c1-13-7-8-14(2)18(11-13)23-19(27)12-28-21-25-24-20(26(21)15-9-10-15)16-5-3-4-6-17(16)22/h3-8,11,15H,9-10,12H2,1-2H3,(H,23,27). The smallest absolute Gasteiger partial charge is 0.234 e. The van der Waals surface area contributed by atoms with Crippen LogP contribution < -0.4 is 5.32 Å². The Labute approximate surface area is 167 Å². The summed E-state index contributed by atoms with van der Waals surface area (Å²) in [5, 5.41) is 12.1. The van der Waals surface area contributed by atoms with Crippen molar-refractivity contribution in [3.63, 3.8) is 0 Å². The maximum atomic E-state index is 14.2. The average Bonchev–Trinajstić information content (AvgIpc) is 3.43. The Kier molecular flexibility index (Phi) is 5.17. The van der Waals surface area contributed by atoms with E-state index in [2.05, 4.69) is 15.5 Å². The maximum absolute atomic E-state index is 14.2. The van der Waals surface area contributed by atoms with Gasteiger partial charge in [-0.25, -0.2) is 4.39 Å². The number of hydrogen-bond acceptors (Lipinski definition) is 4. The minimum absolute atomic E-state index is 0.100. The summed E-state index contributed by atoms with van der Waals surface area (Å²) < 4.78 is 16.2. The molecular weight excluding hydrogens is 375 g/mol. The fraction of sp³-hybridized carbons (Fsp3) is 0.286. The van der Waals surface area contributed by atoms with Crippen molar-refractivity contribution >= 4 is 23.4 Å². The SMILES string of the molecule is Cc1ccc(C)c(NC(=O)CSc2nnc(-c3ccccc3F)n2C2CC2)c1. The number of rotatable bonds is 6. The number of hydrogen-bond donors (Lipinski definition) is 1. The van der Waals surface area contributed by atoms with E-state index in [-0.39, 0.29) is 23.5 Å². The molecule has 0 atom stereocenters. The summed E-state index contributed by atoms with van der Waals surface area (Å²) in [4.78, 5) is 12.4. The van der Waals surface area contributed by atoms with Crippen molar-refractivity contribution in [3.8, 4) is 11.4 Å². The second-order valence-corrected chi connectivity index (χ2v) is 7.98. The van der Waals surface area contributed by atoms with E-state index < -0.39 is 0 Å². The van der Waals surface area contributed by atoms with Crippen LogP contribution in [0.4, 0.5) is 10.1 Å². The summed E-state index contributed by atoms with van der Waals surface area (Å²) in [5.74, 6) is 0.325. The van der Waals surface area contributed by atoms with Gasteiger partial charge >= 0.3 is 0 Å². The molecule has 1 aromatic heterocycles. The fourth-order valence-electron chi connectivity index (χ4n) is 3.05. The Balaban J connectivity index is 1.50. The molecular formula is C21H21FN4OS. The highest BCUT2D eigenvalue weighted by Gasteiger charge is 2.31. The van der Waals surface area contributed by atoms with Gasteiger partial charge in [0, 0.05) is 11.7 Å². The van der Waals surface area contributed by atoms with Crippen LogP contribution in [-0.4, -0.2) is 26.4 Å². The molecule has 1 aliphatic rings. The van der Waals surface area contributed by atoms with Crippen LogP contribution in [0.2, 0.25) is 0 Å². The maximum Gasteiger partial charge on any atom is 0.234 e. The van der Waals surface area contributed by atoms with Gasteiger partial charge in [-0.3, -0.25) is 9.36 Å². The molecule has 3 aromatic rings. The monoisotopic (exact) mass is 396 g/mol. The van der Waals surface area contributed by atoms with Crippen molar-refractivity contribution < 1.29 is 9.18 Å². The first-order chi connectivity index (χ1) is 13.5. The van der Waals surface area contributed by atoms with Crippen molar-refractivity contribution in [1.82, 2.24) is 14.8 Å². The zero-order valence-corrected chi connectivity index (χ0v) is 16.6. The third-order valence-corrected chi connectivity index (χ3v) is 5.63. The van der Waals surface area contributed by atoms with Gasteiger partial charge in [0.1, 0.15) is 5.82 Å². The van der Waals surface area contributed by atoms with Gasteiger partial charge in [-0.1, -0.05) is 36.0 Å². The first-order valence-electron chi connectivity index (χ1n) is 9.22. The molecule has 1 fully saturated rings. The van der Waals surface area contributed by atoms with Crippen LogP contribution >= 0.6 is 11.8 Å². The Morgan fingerprint density at radius 1 is 1.21 bits per heavy atom. The van der Waals surface area contributed by atoms with Crippen LogP contribution in [0.3, 0.4) is 0 Å². The zero-order valence-electron chi connectivity index (χ0n) is 15.8. The minimum Gasteiger partial charge on any atom is -0.325 e. The number of nitrogens with one attached hydrogen (secondary N) is 1. The van der Waals surface area contributed by atoms with Gasteiger partial charge in [0.2, 0.25) is 5.91 Å². The van der Waals surface area contributed by atoms with E-state index in [0.717, 1.165) is 29.7 Å². The van der Waals surface area contributed by atoms with Crippen LogP contribution in [0.25, 0.3) is 11.4 Å². The first-order valence-corrected chi connectivity index (χ1v) is 10.2. The number of carbonyl (C=O) groups excluding carboxylic acids is 1. The highest BCUT2D eigenvalue weighted by molar-refractivity contribution is 7.99. The molecule has 0 spiro atoms. The number of amides is 1. The van der Waals surface area contributed by atoms with E-state index in [1.165, 1.54) is 17.8 Å². The van der Waals surface area contributed by atoms with E-state index in [1.54, 1.807) is 18.2 Å². The zero-order chi connectivity index (χ0) is 19.7. The first kappa shape index (κ1) is 18.7. The summed E-state index contributed by atoms with van der Waals surface area (Å²) >= 11 is 1.33. The van der Waals surface area contributed by atoms with E-state index in [0.29, 0.717) is 16.5 Å². The summed E-state index contributed by atoms with van der Waals surface area (Å²) in [7, 11) is 0. The number of aromatic nitrogens is 3. The summed E-state index contributed by atoms with van der Waals surface area (Å²) in [6.07, 6.45) is 2.03. The van der Waals surface area contributed by atoms with Gasteiger partial charge in [0.05, 0.1) is 11.3 Å². The molecule has 28 heavy (non-hydrogen) atoms. The summed E-state index contributed by atoms with van der Waals surface area (Å²) in [6, 6.07) is 12.8. The van der Waals surface area contributed by atoms with Crippen LogP contribution in [-0.2, 0) is 4.79 Å². The molecule has 0 radical (unpaired) electrons. The summed E-state index contributed by atoms with van der Waals surface area (Å²) in [6.45, 7) is 3.96. The molecule has 2 aromatic carbocycles. The van der Waals surface area contributed by atoms with Crippen molar-refractivity contribution in [2.24, 2.45) is 0 Å². The van der Waals surface area contributed by atoms with Gasteiger partial charge in [0.15, 0.2) is 11.0 Å². The highest BCUT2D eigenvalue weighted by atomic mass is 32.2. The van der Waals surface area contributed by atoms with Gasteiger partial charge < -0.3 is 5.32 Å². The Hall–Kier alpha value is -2.67. The lowest BCUT2D eigenvalue weighted by Crippen LogP contribution is -2.15. The predicted molar refractivity (Wildman–Crippen MR) is 109 cm³/mol. The molecule has 1 N–H and O–H groups in total. The van der Waals surface area contributed by atoms with E-state index >= 15 is 0 Å². The van der Waals surface area contributed by atoms with Gasteiger partial charge in [-0.05, 0) is 56.0 Å². The molecule has 1 heterocycles. The molecule has 5 nitrogen and oxygen atoms in total. The third-order valence-electron chi connectivity index (χ3n) is 4.69. The second kappa shape index (κ2) is 7.75. The summed E-state index contributed by atoms with van der Waals surface area (Å²) in [5.41, 5.74) is 3.37. The number of carbonyl (C=O) groups is 1. The molecule has 7 heteroatoms. The number of nitrogens with zero attached hydrogens (tertiary/aromatic N) is 3. The average molecular weight is 396 g/mol. The van der Waals surface area contributed by atoms with Crippen LogP contribution in [0.1, 0.15) is 30.0 Å². The van der Waals surface area contributed by atoms with E-state index in [1.807, 2.05) is 36.6 Å². The topological polar surface area (TPSA) is 59.8 Å². The third kappa shape index (κ3) is 3.94. The Bertz CT molecular complexity index is 1030. The van der Waals surface area contributed by atoms with Crippen molar-refractivity contribution in [2.45, 2.75) is 37.9 Å². The molecule has 0 saturated heterocycles. The number of benzene rings is 2. The normalized spacial score (nSPS) is 13.5. The molecule has 1 amide bonds. The fourth-order valence-corrected chi connectivity index (χ4v) is 3.86. The Morgan fingerprint density at radius 3 is 2.75 bits per heavy atom. The number of anilines is 1. The number of aryl methyl sites for hydroxylation is 2. The van der Waals surface area contributed by atoms with Crippen LogP contribution in [0, 0.1) is 19.7 Å². The lowest BCUT2D eigenvalue weighted by Gasteiger charge is -2.11. The largest absolute Gasteiger partial charge is 0.325 e. The molecule has 1 saturated carbocycles. The van der Waals surface area contributed by atoms with E-state index in [4.69, 9.17) is 0 Å². The highest BCUT2D eigenvalue weighted by Crippen LogP contribution is 2.41. The number of thioether (sulfide) groups is 1. The lowest BCUT2D eigenvalue weighted by molar-refractivity contribution is -0.113. The second-order valence-electron chi connectivity index (χ2n) is 7.04. The van der Waals surface area contributed by atoms with E-state index in [9.17, 15) is 9.18 Å². The quantitative estimate of drug-likeness (QED) is 0.610. The molecule has 1 aliphatic carbocycles.